The predicted octanol–water partition coefficient (Wildman–Crippen LogP) is 5.49. The molecule has 1 amide bonds. The molecule has 3 aromatic carbocycles. The summed E-state index contributed by atoms with van der Waals surface area (Å²) >= 11 is 1.57. The van der Waals surface area contributed by atoms with Crippen LogP contribution in [0.5, 0.6) is 11.5 Å². The van der Waals surface area contributed by atoms with Crippen molar-refractivity contribution in [3.8, 4) is 28.4 Å². The molecule has 6 nitrogen and oxygen atoms in total. The van der Waals surface area contributed by atoms with Gasteiger partial charge >= 0.3 is 0 Å². The van der Waals surface area contributed by atoms with E-state index >= 15 is 0 Å². The Bertz CT molecular complexity index is 1400. The van der Waals surface area contributed by atoms with E-state index in [0.717, 1.165) is 33.6 Å². The maximum atomic E-state index is 13.7. The van der Waals surface area contributed by atoms with E-state index in [1.165, 1.54) is 12.1 Å². The maximum absolute atomic E-state index is 13.7. The highest BCUT2D eigenvalue weighted by atomic mass is 32.2. The van der Waals surface area contributed by atoms with Crippen molar-refractivity contribution < 1.29 is 18.7 Å². The fourth-order valence-electron chi connectivity index (χ4n) is 4.35. The molecule has 0 N–H and O–H groups in total. The van der Waals surface area contributed by atoms with Crippen molar-refractivity contribution in [2.24, 2.45) is 0 Å². The highest BCUT2D eigenvalue weighted by Gasteiger charge is 2.36. The molecule has 0 saturated carbocycles. The molecule has 1 atom stereocenters. The number of carbonyl (C=O) groups is 1. The number of aryl methyl sites for hydroxylation is 1. The Kier molecular flexibility index (Phi) is 5.45. The minimum Gasteiger partial charge on any atom is -0.454 e. The first kappa shape index (κ1) is 21.7. The van der Waals surface area contributed by atoms with Gasteiger partial charge in [-0.2, -0.15) is 5.10 Å². The first-order valence-corrected chi connectivity index (χ1v) is 12.3. The number of halogens is 1. The standard InChI is InChI=1S/C27H22FN3O3S/c1-17-2-9-21(10-3-17)31-14-22(26(29-31)19-5-7-20(28)8-6-19)27-30(25(32)15-35-27)13-18-4-11-23-24(12-18)34-16-33-23/h2-12,14,27H,13,15-16H2,1H3. The van der Waals surface area contributed by atoms with Crippen LogP contribution in [0.15, 0.2) is 72.9 Å². The number of benzene rings is 3. The van der Waals surface area contributed by atoms with Gasteiger partial charge in [-0.3, -0.25) is 4.79 Å². The van der Waals surface area contributed by atoms with Gasteiger partial charge in [-0.1, -0.05) is 23.8 Å². The van der Waals surface area contributed by atoms with Crippen LogP contribution in [0.4, 0.5) is 4.39 Å². The number of ether oxygens (including phenoxy) is 2. The van der Waals surface area contributed by atoms with Gasteiger partial charge < -0.3 is 14.4 Å². The minimum absolute atomic E-state index is 0.0609. The van der Waals surface area contributed by atoms with Crippen molar-refractivity contribution in [2.75, 3.05) is 12.5 Å². The molecule has 2 aliphatic rings. The number of fused-ring (bicyclic) bond motifs is 1. The Labute approximate surface area is 206 Å². The molecule has 2 aliphatic heterocycles. The third-order valence-electron chi connectivity index (χ3n) is 6.18. The Morgan fingerprint density at radius 1 is 1.03 bits per heavy atom. The molecule has 0 aliphatic carbocycles. The Morgan fingerprint density at radius 2 is 1.80 bits per heavy atom. The van der Waals surface area contributed by atoms with Crippen LogP contribution in [0.25, 0.3) is 16.9 Å². The molecule has 0 radical (unpaired) electrons. The zero-order valence-electron chi connectivity index (χ0n) is 19.0. The lowest BCUT2D eigenvalue weighted by Gasteiger charge is -2.24. The fraction of sp³-hybridized carbons (Fsp3) is 0.185. The summed E-state index contributed by atoms with van der Waals surface area (Å²) in [6.45, 7) is 2.68. The van der Waals surface area contributed by atoms with E-state index in [2.05, 4.69) is 0 Å². The summed E-state index contributed by atoms with van der Waals surface area (Å²) in [5, 5.41) is 4.65. The van der Waals surface area contributed by atoms with Gasteiger partial charge in [0.25, 0.3) is 0 Å². The van der Waals surface area contributed by atoms with Crippen molar-refractivity contribution in [2.45, 2.75) is 18.8 Å². The van der Waals surface area contributed by atoms with E-state index in [0.29, 0.717) is 23.8 Å². The predicted molar refractivity (Wildman–Crippen MR) is 132 cm³/mol. The SMILES string of the molecule is Cc1ccc(-n2cc(C3SCC(=O)N3Cc3ccc4c(c3)OCO4)c(-c3ccc(F)cc3)n2)cc1. The zero-order chi connectivity index (χ0) is 23.9. The summed E-state index contributed by atoms with van der Waals surface area (Å²) in [4.78, 5) is 14.8. The van der Waals surface area contributed by atoms with Crippen molar-refractivity contribution in [3.63, 3.8) is 0 Å². The third-order valence-corrected chi connectivity index (χ3v) is 7.42. The number of aromatic nitrogens is 2. The van der Waals surface area contributed by atoms with Gasteiger partial charge in [-0.25, -0.2) is 9.07 Å². The van der Waals surface area contributed by atoms with Gasteiger partial charge in [0.15, 0.2) is 11.5 Å². The van der Waals surface area contributed by atoms with E-state index in [9.17, 15) is 9.18 Å². The van der Waals surface area contributed by atoms with Crippen molar-refractivity contribution in [3.05, 3.63) is 95.4 Å². The quantitative estimate of drug-likeness (QED) is 0.373. The van der Waals surface area contributed by atoms with Gasteiger partial charge in [0.1, 0.15) is 11.2 Å². The van der Waals surface area contributed by atoms with Gasteiger partial charge in [-0.15, -0.1) is 11.8 Å². The Morgan fingerprint density at radius 3 is 2.60 bits per heavy atom. The molecule has 6 rings (SSSR count). The Hall–Kier alpha value is -3.78. The lowest BCUT2D eigenvalue weighted by Crippen LogP contribution is -2.27. The fourth-order valence-corrected chi connectivity index (χ4v) is 5.54. The number of thioether (sulfide) groups is 1. The van der Waals surface area contributed by atoms with E-state index in [1.54, 1.807) is 23.9 Å². The van der Waals surface area contributed by atoms with Gasteiger partial charge in [0, 0.05) is 23.9 Å². The zero-order valence-corrected chi connectivity index (χ0v) is 19.8. The smallest absolute Gasteiger partial charge is 0.234 e. The normalized spacial score (nSPS) is 16.8. The average Bonchev–Trinajstić information content (AvgIpc) is 3.59. The third kappa shape index (κ3) is 4.14. The summed E-state index contributed by atoms with van der Waals surface area (Å²) in [6, 6.07) is 20.2. The molecule has 1 unspecified atom stereocenters. The Balaban J connectivity index is 1.40. The van der Waals surface area contributed by atoms with Crippen LogP contribution in [0.2, 0.25) is 0 Å². The average molecular weight is 488 g/mol. The molecule has 176 valence electrons. The molecule has 1 saturated heterocycles. The molecule has 1 fully saturated rings. The lowest BCUT2D eigenvalue weighted by atomic mass is 10.1. The monoisotopic (exact) mass is 487 g/mol. The van der Waals surface area contributed by atoms with E-state index in [1.807, 2.05) is 65.2 Å². The largest absolute Gasteiger partial charge is 0.454 e. The first-order chi connectivity index (χ1) is 17.0. The molecule has 35 heavy (non-hydrogen) atoms. The molecule has 1 aromatic heterocycles. The number of nitrogens with zero attached hydrogens (tertiary/aromatic N) is 3. The van der Waals surface area contributed by atoms with Crippen LogP contribution < -0.4 is 9.47 Å². The van der Waals surface area contributed by atoms with Gasteiger partial charge in [0.05, 0.1) is 17.1 Å². The molecule has 0 spiro atoms. The molecule has 0 bridgehead atoms. The first-order valence-electron chi connectivity index (χ1n) is 11.3. The van der Waals surface area contributed by atoms with Crippen LogP contribution in [0.3, 0.4) is 0 Å². The van der Waals surface area contributed by atoms with E-state index in [-0.39, 0.29) is 23.9 Å². The number of rotatable bonds is 5. The topological polar surface area (TPSA) is 56.6 Å². The van der Waals surface area contributed by atoms with E-state index < -0.39 is 0 Å². The molecule has 3 heterocycles. The number of hydrogen-bond acceptors (Lipinski definition) is 5. The summed E-state index contributed by atoms with van der Waals surface area (Å²) in [5.74, 6) is 1.55. The lowest BCUT2D eigenvalue weighted by molar-refractivity contribution is -0.128. The molecular weight excluding hydrogens is 465 g/mol. The van der Waals surface area contributed by atoms with Gasteiger partial charge in [0.2, 0.25) is 12.7 Å². The summed E-state index contributed by atoms with van der Waals surface area (Å²) < 4.78 is 26.4. The van der Waals surface area contributed by atoms with Crippen LogP contribution in [-0.4, -0.2) is 33.1 Å². The molecule has 8 heteroatoms. The molecular formula is C27H22FN3O3S. The second-order valence-corrected chi connectivity index (χ2v) is 9.66. The van der Waals surface area contributed by atoms with Crippen LogP contribution >= 0.6 is 11.8 Å². The second kappa shape index (κ2) is 8.78. The van der Waals surface area contributed by atoms with Gasteiger partial charge in [-0.05, 0) is 61.0 Å². The highest BCUT2D eigenvalue weighted by molar-refractivity contribution is 8.00. The molecule has 4 aromatic rings. The highest BCUT2D eigenvalue weighted by Crippen LogP contribution is 2.44. The maximum Gasteiger partial charge on any atom is 0.234 e. The van der Waals surface area contributed by atoms with Crippen molar-refractivity contribution >= 4 is 17.7 Å². The number of amides is 1. The number of carbonyl (C=O) groups excluding carboxylic acids is 1. The summed E-state index contributed by atoms with van der Waals surface area (Å²) in [5.41, 5.74) is 5.48. The summed E-state index contributed by atoms with van der Waals surface area (Å²) in [6.07, 6.45) is 1.98. The second-order valence-electron chi connectivity index (χ2n) is 8.59. The minimum atomic E-state index is -0.303. The summed E-state index contributed by atoms with van der Waals surface area (Å²) in [7, 11) is 0. The van der Waals surface area contributed by atoms with Crippen LogP contribution in [0.1, 0.15) is 22.1 Å². The van der Waals surface area contributed by atoms with Crippen molar-refractivity contribution in [1.82, 2.24) is 14.7 Å². The number of hydrogen-bond donors (Lipinski definition) is 0. The van der Waals surface area contributed by atoms with Crippen molar-refractivity contribution in [1.29, 1.82) is 0 Å². The van der Waals surface area contributed by atoms with Crippen LogP contribution in [-0.2, 0) is 11.3 Å². The van der Waals surface area contributed by atoms with Crippen LogP contribution in [0, 0.1) is 12.7 Å². The van der Waals surface area contributed by atoms with E-state index in [4.69, 9.17) is 14.6 Å².